The number of fused-ring (bicyclic) bond motifs is 1. The molecule has 1 aromatic heterocycles. The highest BCUT2D eigenvalue weighted by atomic mass is 16.5. The second-order valence-corrected chi connectivity index (χ2v) is 9.15. The molecular weight excluding hydrogens is 412 g/mol. The molecule has 0 atom stereocenters. The maximum atomic E-state index is 12.6. The number of hydrogen-bond acceptors (Lipinski definition) is 4. The average Bonchev–Trinajstić information content (AvgIpc) is 2.79. The molecule has 33 heavy (non-hydrogen) atoms. The maximum absolute atomic E-state index is 12.6. The average molecular weight is 455 g/mol. The van der Waals surface area contributed by atoms with Crippen LogP contribution < -0.4 is 15.6 Å². The molecule has 1 heterocycles. The lowest BCUT2D eigenvalue weighted by Gasteiger charge is -2.15. The summed E-state index contributed by atoms with van der Waals surface area (Å²) in [6.07, 6.45) is 13.7. The van der Waals surface area contributed by atoms with Crippen LogP contribution in [0.25, 0.3) is 10.9 Å². The summed E-state index contributed by atoms with van der Waals surface area (Å²) in [6.45, 7) is 9.73. The molecule has 2 aromatic rings. The van der Waals surface area contributed by atoms with Gasteiger partial charge < -0.3 is 19.7 Å². The largest absolute Gasteiger partial charge is 0.500 e. The van der Waals surface area contributed by atoms with E-state index in [1.54, 1.807) is 7.05 Å². The van der Waals surface area contributed by atoms with Crippen LogP contribution in [0, 0.1) is 0 Å². The van der Waals surface area contributed by atoms with Crippen LogP contribution >= 0.6 is 0 Å². The van der Waals surface area contributed by atoms with Crippen LogP contribution in [-0.4, -0.2) is 22.8 Å². The first-order chi connectivity index (χ1) is 15.8. The van der Waals surface area contributed by atoms with Crippen LogP contribution in [-0.2, 0) is 7.05 Å². The van der Waals surface area contributed by atoms with Crippen molar-refractivity contribution in [1.82, 2.24) is 4.57 Å². The van der Waals surface area contributed by atoms with Crippen molar-refractivity contribution in [3.05, 3.63) is 51.9 Å². The molecule has 0 spiro atoms. The van der Waals surface area contributed by atoms with E-state index in [1.807, 2.05) is 24.3 Å². The van der Waals surface area contributed by atoms with Gasteiger partial charge in [-0.1, -0.05) is 56.3 Å². The number of unbranched alkanes of at least 4 members (excludes halogenated alkanes) is 5. The molecule has 5 nitrogen and oxygen atoms in total. The Morgan fingerprint density at radius 1 is 1.09 bits per heavy atom. The van der Waals surface area contributed by atoms with Gasteiger partial charge in [0.25, 0.3) is 5.56 Å². The summed E-state index contributed by atoms with van der Waals surface area (Å²) in [5, 5.41) is 14.7. The molecule has 0 unspecified atom stereocenters. The van der Waals surface area contributed by atoms with Gasteiger partial charge in [-0.25, -0.2) is 0 Å². The van der Waals surface area contributed by atoms with Gasteiger partial charge >= 0.3 is 0 Å². The number of hydrogen-bond donors (Lipinski definition) is 2. The van der Waals surface area contributed by atoms with Gasteiger partial charge in [-0.15, -0.1) is 0 Å². The number of anilines is 1. The highest BCUT2D eigenvalue weighted by Gasteiger charge is 2.16. The SMILES string of the molecule is CCCCCCCCNc1ccc2c(OC/C=C(\C)CCC=C(C)C)c(O)c(=O)n(C)c2c1. The molecule has 0 aliphatic heterocycles. The van der Waals surface area contributed by atoms with Gasteiger partial charge in [0.2, 0.25) is 5.75 Å². The van der Waals surface area contributed by atoms with Gasteiger partial charge in [-0.05, 0) is 64.3 Å². The van der Waals surface area contributed by atoms with Gasteiger partial charge in [0.15, 0.2) is 5.75 Å². The first kappa shape index (κ1) is 26.6. The van der Waals surface area contributed by atoms with Gasteiger partial charge in [0, 0.05) is 24.7 Å². The van der Waals surface area contributed by atoms with E-state index in [1.165, 1.54) is 47.8 Å². The van der Waals surface area contributed by atoms with E-state index in [-0.39, 0.29) is 11.5 Å². The van der Waals surface area contributed by atoms with Crippen molar-refractivity contribution in [3.63, 3.8) is 0 Å². The lowest BCUT2D eigenvalue weighted by atomic mass is 10.1. The third kappa shape index (κ3) is 8.30. The third-order valence-electron chi connectivity index (χ3n) is 5.94. The summed E-state index contributed by atoms with van der Waals surface area (Å²) in [5.74, 6) is -0.0858. The molecule has 0 aliphatic carbocycles. The number of nitrogens with one attached hydrogen (secondary N) is 1. The van der Waals surface area contributed by atoms with Crippen LogP contribution in [0.15, 0.2) is 46.3 Å². The van der Waals surface area contributed by atoms with Crippen molar-refractivity contribution in [1.29, 1.82) is 0 Å². The Morgan fingerprint density at radius 2 is 1.82 bits per heavy atom. The van der Waals surface area contributed by atoms with Crippen molar-refractivity contribution < 1.29 is 9.84 Å². The molecular formula is C28H42N2O3. The van der Waals surface area contributed by atoms with Gasteiger partial charge in [-0.3, -0.25) is 4.79 Å². The lowest BCUT2D eigenvalue weighted by Crippen LogP contribution is -2.18. The summed E-state index contributed by atoms with van der Waals surface area (Å²) in [4.78, 5) is 12.6. The molecule has 0 saturated carbocycles. The third-order valence-corrected chi connectivity index (χ3v) is 5.94. The van der Waals surface area contributed by atoms with Crippen LogP contribution in [0.5, 0.6) is 11.5 Å². The van der Waals surface area contributed by atoms with E-state index >= 15 is 0 Å². The number of rotatable bonds is 14. The Morgan fingerprint density at radius 3 is 2.55 bits per heavy atom. The first-order valence-electron chi connectivity index (χ1n) is 12.4. The summed E-state index contributed by atoms with van der Waals surface area (Å²) < 4.78 is 7.37. The Labute approximate surface area is 199 Å². The number of ether oxygens (including phenoxy) is 1. The zero-order valence-corrected chi connectivity index (χ0v) is 21.2. The van der Waals surface area contributed by atoms with Crippen LogP contribution in [0.1, 0.15) is 79.1 Å². The van der Waals surface area contributed by atoms with Crippen molar-refractivity contribution in [2.24, 2.45) is 7.05 Å². The van der Waals surface area contributed by atoms with Gasteiger partial charge in [0.1, 0.15) is 6.61 Å². The molecule has 2 N–H and O–H groups in total. The van der Waals surface area contributed by atoms with Crippen LogP contribution in [0.3, 0.4) is 0 Å². The number of allylic oxidation sites excluding steroid dienone is 3. The quantitative estimate of drug-likeness (QED) is 0.236. The van der Waals surface area contributed by atoms with Crippen molar-refractivity contribution >= 4 is 16.6 Å². The number of aromatic nitrogens is 1. The molecule has 5 heteroatoms. The van der Waals surface area contributed by atoms with Crippen LogP contribution in [0.4, 0.5) is 5.69 Å². The molecule has 0 saturated heterocycles. The lowest BCUT2D eigenvalue weighted by molar-refractivity contribution is 0.335. The topological polar surface area (TPSA) is 63.5 Å². The van der Waals surface area contributed by atoms with E-state index in [0.717, 1.165) is 42.4 Å². The highest BCUT2D eigenvalue weighted by molar-refractivity contribution is 5.90. The summed E-state index contributed by atoms with van der Waals surface area (Å²) in [5.41, 5.74) is 3.80. The Kier molecular flexibility index (Phi) is 11.1. The number of aryl methyl sites for hydroxylation is 1. The standard InChI is InChI=1S/C28H42N2O3/c1-6-7-8-9-10-11-18-29-23-15-16-24-25(20-23)30(5)28(32)26(31)27(24)33-19-17-22(4)14-12-13-21(2)3/h13,15-17,20,29,31H,6-12,14,18-19H2,1-5H3/b22-17+. The molecule has 0 radical (unpaired) electrons. The monoisotopic (exact) mass is 454 g/mol. The predicted molar refractivity (Wildman–Crippen MR) is 141 cm³/mol. The van der Waals surface area contributed by atoms with Crippen molar-refractivity contribution in [2.75, 3.05) is 18.5 Å². The van der Waals surface area contributed by atoms with Crippen molar-refractivity contribution in [2.45, 2.75) is 79.1 Å². The summed E-state index contributed by atoms with van der Waals surface area (Å²) >= 11 is 0. The molecule has 182 valence electrons. The van der Waals surface area contributed by atoms with E-state index < -0.39 is 5.56 Å². The molecule has 0 aliphatic rings. The Balaban J connectivity index is 2.08. The fourth-order valence-corrected chi connectivity index (χ4v) is 3.85. The summed E-state index contributed by atoms with van der Waals surface area (Å²) in [6, 6.07) is 5.86. The minimum absolute atomic E-state index is 0.254. The normalized spacial score (nSPS) is 11.6. The highest BCUT2D eigenvalue weighted by Crippen LogP contribution is 2.33. The van der Waals surface area contributed by atoms with Gasteiger partial charge in [-0.2, -0.15) is 0 Å². The summed E-state index contributed by atoms with van der Waals surface area (Å²) in [7, 11) is 1.68. The molecule has 0 amide bonds. The smallest absolute Gasteiger partial charge is 0.296 e. The predicted octanol–water partition coefficient (Wildman–Crippen LogP) is 7.09. The minimum Gasteiger partial charge on any atom is -0.500 e. The molecule has 0 bridgehead atoms. The number of benzene rings is 1. The number of aromatic hydroxyl groups is 1. The van der Waals surface area contributed by atoms with Gasteiger partial charge in [0.05, 0.1) is 5.52 Å². The second kappa shape index (κ2) is 13.8. The zero-order valence-electron chi connectivity index (χ0n) is 21.2. The molecule has 0 fully saturated rings. The molecule has 2 rings (SSSR count). The fourth-order valence-electron chi connectivity index (χ4n) is 3.85. The second-order valence-electron chi connectivity index (χ2n) is 9.15. The molecule has 1 aromatic carbocycles. The number of pyridine rings is 1. The van der Waals surface area contributed by atoms with E-state index in [2.05, 4.69) is 39.1 Å². The zero-order chi connectivity index (χ0) is 24.2. The Hall–Kier alpha value is -2.69. The van der Waals surface area contributed by atoms with E-state index in [0.29, 0.717) is 6.61 Å². The maximum Gasteiger partial charge on any atom is 0.296 e. The fraction of sp³-hybridized carbons (Fsp3) is 0.536. The van der Waals surface area contributed by atoms with Crippen molar-refractivity contribution in [3.8, 4) is 11.5 Å². The van der Waals surface area contributed by atoms with E-state index in [4.69, 9.17) is 4.74 Å². The minimum atomic E-state index is -0.449. The Bertz CT molecular complexity index is 1010. The van der Waals surface area contributed by atoms with Crippen LogP contribution in [0.2, 0.25) is 0 Å². The first-order valence-corrected chi connectivity index (χ1v) is 12.4. The van der Waals surface area contributed by atoms with E-state index in [9.17, 15) is 9.90 Å². The number of nitrogens with zero attached hydrogens (tertiary/aromatic N) is 1.